The Morgan fingerprint density at radius 3 is 2.79 bits per heavy atom. The van der Waals surface area contributed by atoms with Gasteiger partial charge in [0.1, 0.15) is 17.2 Å². The minimum Gasteiger partial charge on any atom is -0.333 e. The minimum absolute atomic E-state index is 0.0983. The predicted molar refractivity (Wildman–Crippen MR) is 71.9 cm³/mol. The smallest absolute Gasteiger partial charge is 0.272 e. The van der Waals surface area contributed by atoms with E-state index >= 15 is 0 Å². The van der Waals surface area contributed by atoms with Crippen LogP contribution in [0.25, 0.3) is 0 Å². The van der Waals surface area contributed by atoms with E-state index in [-0.39, 0.29) is 11.1 Å². The summed E-state index contributed by atoms with van der Waals surface area (Å²) in [5.74, 6) is -0.0983. The summed E-state index contributed by atoms with van der Waals surface area (Å²) in [5.41, 5.74) is 2.86. The Morgan fingerprint density at radius 1 is 1.21 bits per heavy atom. The van der Waals surface area contributed by atoms with Crippen molar-refractivity contribution in [2.24, 2.45) is 0 Å². The first-order valence-electron chi connectivity index (χ1n) is 6.07. The topological polar surface area (TPSA) is 46.1 Å². The van der Waals surface area contributed by atoms with E-state index in [9.17, 15) is 4.79 Å². The molecule has 0 fully saturated rings. The third-order valence-corrected chi connectivity index (χ3v) is 3.48. The summed E-state index contributed by atoms with van der Waals surface area (Å²) >= 11 is 5.79. The second-order valence-corrected chi connectivity index (χ2v) is 4.86. The quantitative estimate of drug-likeness (QED) is 0.749. The average Bonchev–Trinajstić information content (AvgIpc) is 2.46. The van der Waals surface area contributed by atoms with Crippen molar-refractivity contribution >= 4 is 17.5 Å². The van der Waals surface area contributed by atoms with Crippen molar-refractivity contribution in [1.29, 1.82) is 0 Å². The van der Waals surface area contributed by atoms with Crippen LogP contribution < -0.4 is 0 Å². The molecule has 0 N–H and O–H groups in total. The van der Waals surface area contributed by atoms with Crippen LogP contribution in [-0.4, -0.2) is 27.3 Å². The van der Waals surface area contributed by atoms with Crippen molar-refractivity contribution in [3.05, 3.63) is 58.6 Å². The van der Waals surface area contributed by atoms with E-state index in [0.29, 0.717) is 18.8 Å². The van der Waals surface area contributed by atoms with E-state index < -0.39 is 0 Å². The molecule has 2 aromatic rings. The average molecular weight is 274 g/mol. The fourth-order valence-electron chi connectivity index (χ4n) is 2.28. The first-order chi connectivity index (χ1) is 9.24. The van der Waals surface area contributed by atoms with Gasteiger partial charge < -0.3 is 4.90 Å². The molecule has 0 spiro atoms. The van der Waals surface area contributed by atoms with Crippen LogP contribution in [0.1, 0.15) is 21.6 Å². The van der Waals surface area contributed by atoms with Gasteiger partial charge in [0.05, 0.1) is 0 Å². The highest BCUT2D eigenvalue weighted by molar-refractivity contribution is 6.29. The molecule has 0 unspecified atom stereocenters. The third-order valence-electron chi connectivity index (χ3n) is 3.27. The summed E-state index contributed by atoms with van der Waals surface area (Å²) < 4.78 is 0. The molecule has 0 atom stereocenters. The maximum atomic E-state index is 12.3. The van der Waals surface area contributed by atoms with E-state index in [1.165, 1.54) is 23.5 Å². The molecule has 1 aliphatic heterocycles. The van der Waals surface area contributed by atoms with Crippen molar-refractivity contribution in [1.82, 2.24) is 14.9 Å². The van der Waals surface area contributed by atoms with E-state index in [1.807, 2.05) is 12.1 Å². The lowest BCUT2D eigenvalue weighted by Crippen LogP contribution is -2.36. The van der Waals surface area contributed by atoms with Crippen LogP contribution in [0.2, 0.25) is 5.15 Å². The Balaban J connectivity index is 1.83. The fourth-order valence-corrected chi connectivity index (χ4v) is 2.43. The maximum absolute atomic E-state index is 12.3. The minimum atomic E-state index is -0.0983. The molecule has 3 rings (SSSR count). The van der Waals surface area contributed by atoms with Crippen molar-refractivity contribution in [2.45, 2.75) is 13.0 Å². The number of carbonyl (C=O) groups excluding carboxylic acids is 1. The van der Waals surface area contributed by atoms with Crippen molar-refractivity contribution in [3.63, 3.8) is 0 Å². The summed E-state index contributed by atoms with van der Waals surface area (Å²) in [4.78, 5) is 21.9. The van der Waals surface area contributed by atoms with E-state index in [4.69, 9.17) is 11.6 Å². The van der Waals surface area contributed by atoms with Crippen molar-refractivity contribution < 1.29 is 4.79 Å². The standard InChI is InChI=1S/C14H12ClN3O/c15-13-7-12(16-9-17-13)14(19)18-6-5-10-3-1-2-4-11(10)8-18/h1-4,7,9H,5-6,8H2. The molecular weight excluding hydrogens is 262 g/mol. The molecule has 5 heteroatoms. The highest BCUT2D eigenvalue weighted by atomic mass is 35.5. The first-order valence-corrected chi connectivity index (χ1v) is 6.45. The first kappa shape index (κ1) is 12.1. The van der Waals surface area contributed by atoms with E-state index in [1.54, 1.807) is 4.90 Å². The van der Waals surface area contributed by atoms with Crippen LogP contribution in [0.3, 0.4) is 0 Å². The van der Waals surface area contributed by atoms with Gasteiger partial charge in [-0.2, -0.15) is 0 Å². The summed E-state index contributed by atoms with van der Waals surface area (Å²) in [7, 11) is 0. The molecule has 4 nitrogen and oxygen atoms in total. The van der Waals surface area contributed by atoms with Gasteiger partial charge in [-0.3, -0.25) is 4.79 Å². The van der Waals surface area contributed by atoms with Gasteiger partial charge >= 0.3 is 0 Å². The maximum Gasteiger partial charge on any atom is 0.272 e. The third kappa shape index (κ3) is 2.44. The monoisotopic (exact) mass is 273 g/mol. The molecule has 19 heavy (non-hydrogen) atoms. The van der Waals surface area contributed by atoms with Gasteiger partial charge in [-0.05, 0) is 17.5 Å². The highest BCUT2D eigenvalue weighted by Crippen LogP contribution is 2.20. The molecule has 0 saturated heterocycles. The van der Waals surface area contributed by atoms with Gasteiger partial charge in [0.25, 0.3) is 5.91 Å². The van der Waals surface area contributed by atoms with Gasteiger partial charge in [0.2, 0.25) is 0 Å². The van der Waals surface area contributed by atoms with E-state index in [0.717, 1.165) is 6.42 Å². The molecule has 1 amide bonds. The van der Waals surface area contributed by atoms with Crippen LogP contribution in [0.15, 0.2) is 36.7 Å². The van der Waals surface area contributed by atoms with Gasteiger partial charge in [-0.25, -0.2) is 9.97 Å². The summed E-state index contributed by atoms with van der Waals surface area (Å²) in [5, 5.41) is 0.288. The summed E-state index contributed by atoms with van der Waals surface area (Å²) in [6.45, 7) is 1.33. The Morgan fingerprint density at radius 2 is 2.00 bits per heavy atom. The fraction of sp³-hybridized carbons (Fsp3) is 0.214. The lowest BCUT2D eigenvalue weighted by Gasteiger charge is -2.28. The molecule has 96 valence electrons. The van der Waals surface area contributed by atoms with Crippen LogP contribution in [0.4, 0.5) is 0 Å². The molecule has 2 heterocycles. The Labute approximate surface area is 116 Å². The van der Waals surface area contributed by atoms with E-state index in [2.05, 4.69) is 22.1 Å². The normalized spacial score (nSPS) is 14.1. The number of carbonyl (C=O) groups is 1. The van der Waals surface area contributed by atoms with Gasteiger partial charge in [0.15, 0.2) is 0 Å². The zero-order chi connectivity index (χ0) is 13.2. The van der Waals surface area contributed by atoms with Crippen molar-refractivity contribution in [3.8, 4) is 0 Å². The molecule has 0 radical (unpaired) electrons. The zero-order valence-corrected chi connectivity index (χ0v) is 11.0. The van der Waals surface area contributed by atoms with Crippen LogP contribution >= 0.6 is 11.6 Å². The van der Waals surface area contributed by atoms with Gasteiger partial charge in [-0.15, -0.1) is 0 Å². The highest BCUT2D eigenvalue weighted by Gasteiger charge is 2.22. The Hall–Kier alpha value is -1.94. The summed E-state index contributed by atoms with van der Waals surface area (Å²) in [6.07, 6.45) is 2.19. The second kappa shape index (κ2) is 4.97. The molecule has 1 aliphatic rings. The number of aromatic nitrogens is 2. The number of halogens is 1. The number of amides is 1. The molecule has 0 bridgehead atoms. The van der Waals surface area contributed by atoms with Gasteiger partial charge in [0, 0.05) is 19.2 Å². The zero-order valence-electron chi connectivity index (χ0n) is 10.2. The Bertz CT molecular complexity index is 630. The predicted octanol–water partition coefficient (Wildman–Crippen LogP) is 2.33. The SMILES string of the molecule is O=C(c1cc(Cl)ncn1)N1CCc2ccccc2C1. The molecule has 1 aromatic heterocycles. The number of hydrogen-bond donors (Lipinski definition) is 0. The van der Waals surface area contributed by atoms with Gasteiger partial charge in [-0.1, -0.05) is 35.9 Å². The molecule has 1 aromatic carbocycles. The number of nitrogens with zero attached hydrogens (tertiary/aromatic N) is 3. The molecule has 0 aliphatic carbocycles. The number of fused-ring (bicyclic) bond motifs is 1. The van der Waals surface area contributed by atoms with Crippen molar-refractivity contribution in [2.75, 3.05) is 6.54 Å². The Kier molecular flexibility index (Phi) is 3.17. The summed E-state index contributed by atoms with van der Waals surface area (Å²) in [6, 6.07) is 9.69. The number of benzene rings is 1. The molecule has 0 saturated carbocycles. The van der Waals surface area contributed by atoms with Crippen LogP contribution in [0, 0.1) is 0 Å². The largest absolute Gasteiger partial charge is 0.333 e. The second-order valence-electron chi connectivity index (χ2n) is 4.47. The lowest BCUT2D eigenvalue weighted by atomic mass is 10.00. The van der Waals surface area contributed by atoms with Crippen LogP contribution in [0.5, 0.6) is 0 Å². The lowest BCUT2D eigenvalue weighted by molar-refractivity contribution is 0.0728. The number of rotatable bonds is 1. The van der Waals surface area contributed by atoms with Crippen LogP contribution in [-0.2, 0) is 13.0 Å². The number of hydrogen-bond acceptors (Lipinski definition) is 3. The molecular formula is C14H12ClN3O.